The Morgan fingerprint density at radius 1 is 1.19 bits per heavy atom. The highest BCUT2D eigenvalue weighted by Crippen LogP contribution is 2.39. The van der Waals surface area contributed by atoms with Crippen LogP contribution in [0.2, 0.25) is 0 Å². The minimum absolute atomic E-state index is 0.0304. The lowest BCUT2D eigenvalue weighted by Crippen LogP contribution is -2.31. The number of carbonyl (C=O) groups excluding carboxylic acids is 2. The molecule has 164 valence electrons. The van der Waals surface area contributed by atoms with Crippen molar-refractivity contribution < 1.29 is 9.59 Å². The minimum atomic E-state index is -0.738. The molecule has 1 aliphatic heterocycles. The summed E-state index contributed by atoms with van der Waals surface area (Å²) in [4.78, 5) is 32.7. The van der Waals surface area contributed by atoms with E-state index in [0.717, 1.165) is 11.8 Å². The smallest absolute Gasteiger partial charge is 0.235 e. The zero-order valence-corrected chi connectivity index (χ0v) is 18.9. The van der Waals surface area contributed by atoms with E-state index in [1.54, 1.807) is 24.1 Å². The molecule has 1 unspecified atom stereocenters. The first-order valence-electron chi connectivity index (χ1n) is 10.3. The maximum absolute atomic E-state index is 12.3. The van der Waals surface area contributed by atoms with E-state index in [1.807, 2.05) is 30.0 Å². The summed E-state index contributed by atoms with van der Waals surface area (Å²) in [6, 6.07) is 13.5. The van der Waals surface area contributed by atoms with Gasteiger partial charge in [0.15, 0.2) is 0 Å². The molecule has 0 aliphatic carbocycles. The van der Waals surface area contributed by atoms with Crippen LogP contribution < -0.4 is 10.6 Å². The molecule has 2 amide bonds. The molecule has 1 aromatic carbocycles. The number of rotatable bonds is 6. The fourth-order valence-electron chi connectivity index (χ4n) is 3.67. The molecule has 1 aromatic heterocycles. The standard InChI is InChI=1S/C23H24N6O2S/c1-3-16-17(13-24)22(29-10-9-19(30)28(2)11-12-29)27-23(18(16)14-25)32-20(21(26)31)15-7-5-4-6-8-15/h4-8,20H,3,9-12H2,1-2H3,(H2,26,31). The molecule has 0 spiro atoms. The second-order valence-corrected chi connectivity index (χ2v) is 8.50. The van der Waals surface area contributed by atoms with E-state index in [2.05, 4.69) is 12.1 Å². The fraction of sp³-hybridized carbons (Fsp3) is 0.348. The Morgan fingerprint density at radius 2 is 1.88 bits per heavy atom. The number of primary amides is 1. The number of anilines is 1. The second kappa shape index (κ2) is 10.2. The number of likely N-dealkylation sites (N-methyl/N-ethyl adjacent to an activating group) is 1. The summed E-state index contributed by atoms with van der Waals surface area (Å²) in [5.41, 5.74) is 7.60. The molecule has 0 radical (unpaired) electrons. The van der Waals surface area contributed by atoms with Crippen LogP contribution in [0.3, 0.4) is 0 Å². The van der Waals surface area contributed by atoms with Crippen molar-refractivity contribution in [2.24, 2.45) is 5.73 Å². The van der Waals surface area contributed by atoms with E-state index in [9.17, 15) is 20.1 Å². The van der Waals surface area contributed by atoms with Crippen molar-refractivity contribution in [1.29, 1.82) is 10.5 Å². The van der Waals surface area contributed by atoms with Gasteiger partial charge < -0.3 is 15.5 Å². The van der Waals surface area contributed by atoms with E-state index in [-0.39, 0.29) is 11.5 Å². The van der Waals surface area contributed by atoms with Crippen molar-refractivity contribution in [2.45, 2.75) is 30.0 Å². The number of amides is 2. The number of hydrogen-bond acceptors (Lipinski definition) is 7. The van der Waals surface area contributed by atoms with Crippen molar-refractivity contribution in [3.63, 3.8) is 0 Å². The molecule has 1 fully saturated rings. The summed E-state index contributed by atoms with van der Waals surface area (Å²) in [7, 11) is 1.75. The number of carbonyl (C=O) groups is 2. The van der Waals surface area contributed by atoms with E-state index in [4.69, 9.17) is 10.7 Å². The summed E-state index contributed by atoms with van der Waals surface area (Å²) in [6.07, 6.45) is 0.759. The maximum Gasteiger partial charge on any atom is 0.235 e. The Balaban J connectivity index is 2.13. The van der Waals surface area contributed by atoms with Crippen LogP contribution in [0.15, 0.2) is 35.4 Å². The number of benzene rings is 1. The van der Waals surface area contributed by atoms with Crippen LogP contribution in [0.4, 0.5) is 5.82 Å². The van der Waals surface area contributed by atoms with Gasteiger partial charge in [-0.15, -0.1) is 0 Å². The summed E-state index contributed by atoms with van der Waals surface area (Å²) in [5, 5.41) is 19.4. The average Bonchev–Trinajstić information content (AvgIpc) is 2.97. The third-order valence-electron chi connectivity index (χ3n) is 5.44. The van der Waals surface area contributed by atoms with Gasteiger partial charge in [0.2, 0.25) is 11.8 Å². The van der Waals surface area contributed by atoms with Gasteiger partial charge in [0.1, 0.15) is 28.2 Å². The third kappa shape index (κ3) is 4.68. The van der Waals surface area contributed by atoms with Crippen molar-refractivity contribution in [1.82, 2.24) is 9.88 Å². The van der Waals surface area contributed by atoms with Crippen LogP contribution >= 0.6 is 11.8 Å². The first-order valence-corrected chi connectivity index (χ1v) is 11.2. The number of thioether (sulfide) groups is 1. The van der Waals surface area contributed by atoms with Crippen molar-refractivity contribution in [3.8, 4) is 12.1 Å². The summed E-state index contributed by atoms with van der Waals surface area (Å²) >= 11 is 1.11. The normalized spacial score (nSPS) is 14.9. The summed E-state index contributed by atoms with van der Waals surface area (Å²) < 4.78 is 0. The van der Waals surface area contributed by atoms with Crippen LogP contribution in [0.1, 0.15) is 40.8 Å². The first-order chi connectivity index (χ1) is 15.4. The van der Waals surface area contributed by atoms with Crippen LogP contribution in [0.25, 0.3) is 0 Å². The Labute approximate surface area is 191 Å². The Hall–Kier alpha value is -3.56. The highest BCUT2D eigenvalue weighted by atomic mass is 32.2. The molecule has 32 heavy (non-hydrogen) atoms. The summed E-state index contributed by atoms with van der Waals surface area (Å²) in [6.45, 7) is 3.31. The second-order valence-electron chi connectivity index (χ2n) is 7.41. The minimum Gasteiger partial charge on any atom is -0.368 e. The van der Waals surface area contributed by atoms with E-state index < -0.39 is 11.2 Å². The molecule has 3 rings (SSSR count). The Bertz CT molecular complexity index is 1110. The van der Waals surface area contributed by atoms with Gasteiger partial charge in [-0.2, -0.15) is 10.5 Å². The number of aromatic nitrogens is 1. The quantitative estimate of drug-likeness (QED) is 0.672. The molecule has 1 atom stereocenters. The van der Waals surface area contributed by atoms with Crippen molar-refractivity contribution >= 4 is 29.4 Å². The molecule has 0 bridgehead atoms. The number of nitriles is 2. The van der Waals surface area contributed by atoms with Gasteiger partial charge in [0.05, 0.1) is 11.1 Å². The van der Waals surface area contributed by atoms with Crippen molar-refractivity contribution in [3.05, 3.63) is 52.6 Å². The molecule has 2 N–H and O–H groups in total. The van der Waals surface area contributed by atoms with Gasteiger partial charge >= 0.3 is 0 Å². The topological polar surface area (TPSA) is 127 Å². The van der Waals surface area contributed by atoms with Crippen LogP contribution in [0.5, 0.6) is 0 Å². The molecule has 9 heteroatoms. The number of nitrogens with two attached hydrogens (primary N) is 1. The van der Waals surface area contributed by atoms with Gasteiger partial charge in [-0.1, -0.05) is 49.0 Å². The fourth-order valence-corrected chi connectivity index (χ4v) is 4.73. The predicted octanol–water partition coefficient (Wildman–Crippen LogP) is 2.37. The first kappa shape index (κ1) is 23.1. The zero-order chi connectivity index (χ0) is 23.3. The lowest BCUT2D eigenvalue weighted by molar-refractivity contribution is -0.129. The monoisotopic (exact) mass is 448 g/mol. The molecular formula is C23H24N6O2S. The lowest BCUT2D eigenvalue weighted by Gasteiger charge is -2.25. The van der Waals surface area contributed by atoms with E-state index in [1.165, 1.54) is 0 Å². The van der Waals surface area contributed by atoms with Crippen LogP contribution in [0, 0.1) is 22.7 Å². The van der Waals surface area contributed by atoms with Gasteiger partial charge in [0, 0.05) is 33.1 Å². The Morgan fingerprint density at radius 3 is 2.47 bits per heavy atom. The van der Waals surface area contributed by atoms with Gasteiger partial charge in [-0.25, -0.2) is 4.98 Å². The molecule has 1 aliphatic rings. The predicted molar refractivity (Wildman–Crippen MR) is 122 cm³/mol. The van der Waals surface area contributed by atoms with Crippen LogP contribution in [-0.4, -0.2) is 48.4 Å². The average molecular weight is 449 g/mol. The molecule has 8 nitrogen and oxygen atoms in total. The number of hydrogen-bond donors (Lipinski definition) is 1. The third-order valence-corrected chi connectivity index (χ3v) is 6.70. The molecule has 2 aromatic rings. The molecule has 0 saturated carbocycles. The molecule has 1 saturated heterocycles. The van der Waals surface area contributed by atoms with Gasteiger partial charge in [0.25, 0.3) is 0 Å². The van der Waals surface area contributed by atoms with Gasteiger partial charge in [-0.3, -0.25) is 9.59 Å². The highest BCUT2D eigenvalue weighted by molar-refractivity contribution is 8.00. The lowest BCUT2D eigenvalue weighted by atomic mass is 10.0. The molecule has 2 heterocycles. The Kier molecular flexibility index (Phi) is 7.34. The number of nitrogens with zero attached hydrogens (tertiary/aromatic N) is 5. The van der Waals surface area contributed by atoms with Crippen molar-refractivity contribution in [2.75, 3.05) is 31.6 Å². The molecular weight excluding hydrogens is 424 g/mol. The maximum atomic E-state index is 12.3. The van der Waals surface area contributed by atoms with E-state index in [0.29, 0.717) is 60.0 Å². The number of pyridine rings is 1. The largest absolute Gasteiger partial charge is 0.368 e. The van der Waals surface area contributed by atoms with E-state index >= 15 is 0 Å². The summed E-state index contributed by atoms with van der Waals surface area (Å²) in [5.74, 6) is -0.0779. The SMILES string of the molecule is CCc1c(C#N)c(SC(C(N)=O)c2ccccc2)nc(N2CCC(=O)N(C)CC2)c1C#N. The highest BCUT2D eigenvalue weighted by Gasteiger charge is 2.28. The zero-order valence-electron chi connectivity index (χ0n) is 18.0. The van der Waals surface area contributed by atoms with Crippen LogP contribution in [-0.2, 0) is 16.0 Å². The van der Waals surface area contributed by atoms with Gasteiger partial charge in [-0.05, 0) is 17.5 Å².